The fraction of sp³-hybridized carbons (Fsp3) is 0.500. The Kier molecular flexibility index (Phi) is 5.44. The van der Waals surface area contributed by atoms with Crippen molar-refractivity contribution in [1.29, 1.82) is 0 Å². The van der Waals surface area contributed by atoms with Crippen molar-refractivity contribution in [2.24, 2.45) is 5.92 Å². The highest BCUT2D eigenvalue weighted by Gasteiger charge is 2.14. The van der Waals surface area contributed by atoms with Crippen molar-refractivity contribution in [1.82, 2.24) is 5.32 Å². The quantitative estimate of drug-likeness (QED) is 0.813. The van der Waals surface area contributed by atoms with E-state index in [9.17, 15) is 4.79 Å². The average molecular weight is 358 g/mol. The number of benzene rings is 1. The maximum atomic E-state index is 11.8. The van der Waals surface area contributed by atoms with Gasteiger partial charge >= 0.3 is 0 Å². The Hall–Kier alpha value is -0.620. The van der Waals surface area contributed by atoms with Crippen molar-refractivity contribution in [3.05, 3.63) is 27.8 Å². The number of hydrogen-bond acceptors (Lipinski definition) is 2. The Morgan fingerprint density at radius 1 is 1.28 bits per heavy atom. The van der Waals surface area contributed by atoms with Crippen molar-refractivity contribution in [2.45, 2.75) is 25.7 Å². The van der Waals surface area contributed by atoms with Gasteiger partial charge in [-0.25, -0.2) is 0 Å². The molecule has 0 spiro atoms. The van der Waals surface area contributed by atoms with Crippen LogP contribution >= 0.6 is 22.6 Å². The molecule has 1 aliphatic rings. The molecule has 1 aromatic rings. The number of piperidine rings is 1. The standard InChI is InChI=1S/C14H19IN2O/c15-12-2-4-13(5-3-12)17-14(18)6-1-11-7-9-16-10-8-11/h2-5,11,16H,1,6-10H2,(H,17,18). The van der Waals surface area contributed by atoms with Crippen molar-refractivity contribution in [2.75, 3.05) is 18.4 Å². The van der Waals surface area contributed by atoms with Crippen LogP contribution in [-0.2, 0) is 4.79 Å². The second kappa shape index (κ2) is 7.09. The van der Waals surface area contributed by atoms with E-state index in [0.29, 0.717) is 12.3 Å². The minimum Gasteiger partial charge on any atom is -0.326 e. The lowest BCUT2D eigenvalue weighted by atomic mass is 9.93. The smallest absolute Gasteiger partial charge is 0.224 e. The van der Waals surface area contributed by atoms with E-state index in [2.05, 4.69) is 33.2 Å². The highest BCUT2D eigenvalue weighted by molar-refractivity contribution is 14.1. The van der Waals surface area contributed by atoms with Gasteiger partial charge in [0.2, 0.25) is 5.91 Å². The molecule has 1 saturated heterocycles. The largest absolute Gasteiger partial charge is 0.326 e. The van der Waals surface area contributed by atoms with E-state index in [4.69, 9.17) is 0 Å². The van der Waals surface area contributed by atoms with Gasteiger partial charge in [0.1, 0.15) is 0 Å². The third kappa shape index (κ3) is 4.57. The van der Waals surface area contributed by atoms with E-state index in [1.807, 2.05) is 24.3 Å². The minimum atomic E-state index is 0.134. The molecule has 2 N–H and O–H groups in total. The maximum Gasteiger partial charge on any atom is 0.224 e. The first-order valence-corrected chi connectivity index (χ1v) is 7.58. The molecule has 4 heteroatoms. The van der Waals surface area contributed by atoms with Crippen LogP contribution in [0.3, 0.4) is 0 Å². The summed E-state index contributed by atoms with van der Waals surface area (Å²) < 4.78 is 1.18. The van der Waals surface area contributed by atoms with Crippen molar-refractivity contribution < 1.29 is 4.79 Å². The number of hydrogen-bond donors (Lipinski definition) is 2. The Labute approximate surface area is 122 Å². The van der Waals surface area contributed by atoms with Gasteiger partial charge in [-0.05, 0) is 85.1 Å². The molecule has 0 unspecified atom stereocenters. The summed E-state index contributed by atoms with van der Waals surface area (Å²) in [7, 11) is 0. The third-order valence-corrected chi connectivity index (χ3v) is 4.09. The van der Waals surface area contributed by atoms with Crippen LogP contribution < -0.4 is 10.6 Å². The van der Waals surface area contributed by atoms with Crippen LogP contribution in [0.5, 0.6) is 0 Å². The first kappa shape index (κ1) is 13.8. The van der Waals surface area contributed by atoms with Crippen LogP contribution in [-0.4, -0.2) is 19.0 Å². The summed E-state index contributed by atoms with van der Waals surface area (Å²) in [6, 6.07) is 7.90. The molecule has 3 nitrogen and oxygen atoms in total. The molecular formula is C14H19IN2O. The molecule has 1 fully saturated rings. The zero-order chi connectivity index (χ0) is 12.8. The van der Waals surface area contributed by atoms with E-state index in [-0.39, 0.29) is 5.91 Å². The summed E-state index contributed by atoms with van der Waals surface area (Å²) in [4.78, 5) is 11.8. The minimum absolute atomic E-state index is 0.134. The lowest BCUT2D eigenvalue weighted by Crippen LogP contribution is -2.28. The molecule has 1 heterocycles. The molecular weight excluding hydrogens is 339 g/mol. The number of amides is 1. The molecule has 0 bridgehead atoms. The van der Waals surface area contributed by atoms with E-state index < -0.39 is 0 Å². The average Bonchev–Trinajstić information content (AvgIpc) is 2.40. The Bertz CT molecular complexity index is 385. The number of rotatable bonds is 4. The van der Waals surface area contributed by atoms with Crippen LogP contribution in [0.4, 0.5) is 5.69 Å². The van der Waals surface area contributed by atoms with E-state index in [1.165, 1.54) is 16.4 Å². The highest BCUT2D eigenvalue weighted by atomic mass is 127. The first-order valence-electron chi connectivity index (χ1n) is 6.50. The summed E-state index contributed by atoms with van der Waals surface area (Å²) in [5.41, 5.74) is 0.894. The molecule has 1 aromatic carbocycles. The zero-order valence-electron chi connectivity index (χ0n) is 10.4. The topological polar surface area (TPSA) is 41.1 Å². The van der Waals surface area contributed by atoms with Crippen LogP contribution in [0.15, 0.2) is 24.3 Å². The van der Waals surface area contributed by atoms with Gasteiger partial charge in [0, 0.05) is 15.7 Å². The number of carbonyl (C=O) groups is 1. The van der Waals surface area contributed by atoms with Gasteiger partial charge in [-0.15, -0.1) is 0 Å². The summed E-state index contributed by atoms with van der Waals surface area (Å²) in [5, 5.41) is 6.30. The molecule has 0 aromatic heterocycles. The molecule has 0 atom stereocenters. The Morgan fingerprint density at radius 3 is 2.61 bits per heavy atom. The second-order valence-corrected chi connectivity index (χ2v) is 6.03. The molecule has 2 rings (SSSR count). The number of anilines is 1. The maximum absolute atomic E-state index is 11.8. The predicted molar refractivity (Wildman–Crippen MR) is 82.6 cm³/mol. The normalized spacial score (nSPS) is 16.5. The van der Waals surface area contributed by atoms with Crippen molar-refractivity contribution in [3.63, 3.8) is 0 Å². The lowest BCUT2D eigenvalue weighted by Gasteiger charge is -2.22. The molecule has 1 amide bonds. The van der Waals surface area contributed by atoms with Gasteiger partial charge in [-0.2, -0.15) is 0 Å². The molecule has 0 saturated carbocycles. The predicted octanol–water partition coefficient (Wildman–Crippen LogP) is 3.01. The summed E-state index contributed by atoms with van der Waals surface area (Å²) >= 11 is 2.26. The number of carbonyl (C=O) groups excluding carboxylic acids is 1. The second-order valence-electron chi connectivity index (χ2n) is 4.79. The lowest BCUT2D eigenvalue weighted by molar-refractivity contribution is -0.116. The molecule has 0 aliphatic carbocycles. The van der Waals surface area contributed by atoms with E-state index in [0.717, 1.165) is 25.2 Å². The fourth-order valence-electron chi connectivity index (χ4n) is 2.26. The monoisotopic (exact) mass is 358 g/mol. The van der Waals surface area contributed by atoms with Gasteiger partial charge in [-0.3, -0.25) is 4.79 Å². The van der Waals surface area contributed by atoms with E-state index >= 15 is 0 Å². The van der Waals surface area contributed by atoms with Crippen LogP contribution in [0.25, 0.3) is 0 Å². The van der Waals surface area contributed by atoms with Crippen LogP contribution in [0, 0.1) is 9.49 Å². The number of halogens is 1. The fourth-order valence-corrected chi connectivity index (χ4v) is 2.62. The van der Waals surface area contributed by atoms with Gasteiger partial charge in [0.05, 0.1) is 0 Å². The van der Waals surface area contributed by atoms with Crippen molar-refractivity contribution >= 4 is 34.2 Å². The van der Waals surface area contributed by atoms with Crippen LogP contribution in [0.2, 0.25) is 0 Å². The molecule has 1 aliphatic heterocycles. The zero-order valence-corrected chi connectivity index (χ0v) is 12.6. The number of nitrogens with one attached hydrogen (secondary N) is 2. The Morgan fingerprint density at radius 2 is 1.94 bits per heavy atom. The third-order valence-electron chi connectivity index (χ3n) is 3.37. The summed E-state index contributed by atoms with van der Waals surface area (Å²) in [6.45, 7) is 2.20. The van der Waals surface area contributed by atoms with Crippen LogP contribution in [0.1, 0.15) is 25.7 Å². The van der Waals surface area contributed by atoms with Gasteiger partial charge in [0.25, 0.3) is 0 Å². The van der Waals surface area contributed by atoms with Gasteiger partial charge < -0.3 is 10.6 Å². The molecule has 18 heavy (non-hydrogen) atoms. The molecule has 0 radical (unpaired) electrons. The Balaban J connectivity index is 1.73. The van der Waals surface area contributed by atoms with Crippen molar-refractivity contribution in [3.8, 4) is 0 Å². The SMILES string of the molecule is O=C(CCC1CCNCC1)Nc1ccc(I)cc1. The van der Waals surface area contributed by atoms with E-state index in [1.54, 1.807) is 0 Å². The highest BCUT2D eigenvalue weighted by Crippen LogP contribution is 2.18. The first-order chi connectivity index (χ1) is 8.74. The summed E-state index contributed by atoms with van der Waals surface area (Å²) in [5.74, 6) is 0.850. The summed E-state index contributed by atoms with van der Waals surface area (Å²) in [6.07, 6.45) is 4.06. The van der Waals surface area contributed by atoms with Gasteiger partial charge in [-0.1, -0.05) is 0 Å². The molecule has 98 valence electrons. The van der Waals surface area contributed by atoms with Gasteiger partial charge in [0.15, 0.2) is 0 Å².